The molecule has 0 aliphatic heterocycles. The molecule has 146 valence electrons. The van der Waals surface area contributed by atoms with Crippen LogP contribution in [0.3, 0.4) is 0 Å². The third-order valence-corrected chi connectivity index (χ3v) is 5.81. The van der Waals surface area contributed by atoms with Crippen LogP contribution < -0.4 is 10.9 Å². The molecule has 1 amide bonds. The molecule has 0 saturated carbocycles. The van der Waals surface area contributed by atoms with Gasteiger partial charge < -0.3 is 10.1 Å². The highest BCUT2D eigenvalue weighted by Gasteiger charge is 2.20. The van der Waals surface area contributed by atoms with Crippen molar-refractivity contribution in [1.82, 2.24) is 9.55 Å². The Balaban J connectivity index is 1.87. The van der Waals surface area contributed by atoms with Crippen LogP contribution >= 0.6 is 34.5 Å². The van der Waals surface area contributed by atoms with Crippen LogP contribution in [0.25, 0.3) is 10.2 Å². The summed E-state index contributed by atoms with van der Waals surface area (Å²) >= 11 is 12.9. The van der Waals surface area contributed by atoms with Crippen LogP contribution in [-0.4, -0.2) is 28.0 Å². The molecule has 1 N–H and O–H groups in total. The lowest BCUT2D eigenvalue weighted by molar-refractivity contribution is -0.116. The fourth-order valence-electron chi connectivity index (χ4n) is 2.59. The second-order valence-electron chi connectivity index (χ2n) is 5.81. The largest absolute Gasteiger partial charge is 0.462 e. The summed E-state index contributed by atoms with van der Waals surface area (Å²) in [4.78, 5) is 42.1. The van der Waals surface area contributed by atoms with Gasteiger partial charge in [0.1, 0.15) is 16.3 Å². The number of esters is 1. The monoisotopic (exact) mass is 439 g/mol. The Morgan fingerprint density at radius 1 is 1.29 bits per heavy atom. The molecule has 2 heterocycles. The first-order chi connectivity index (χ1) is 13.3. The molecule has 3 rings (SSSR count). The molecule has 0 bridgehead atoms. The minimum atomic E-state index is -0.494. The molecule has 3 aromatic rings. The molecule has 1 aromatic carbocycles. The highest BCUT2D eigenvalue weighted by molar-refractivity contribution is 7.20. The minimum Gasteiger partial charge on any atom is -0.462 e. The number of carbonyl (C=O) groups is 2. The fourth-order valence-corrected chi connectivity index (χ4v) is 3.92. The van der Waals surface area contributed by atoms with E-state index < -0.39 is 17.4 Å². The molecular weight excluding hydrogens is 425 g/mol. The molecule has 0 radical (unpaired) electrons. The molecule has 0 saturated heterocycles. The van der Waals surface area contributed by atoms with E-state index in [1.54, 1.807) is 26.0 Å². The van der Waals surface area contributed by atoms with Gasteiger partial charge in [-0.05, 0) is 37.6 Å². The van der Waals surface area contributed by atoms with Crippen molar-refractivity contribution in [3.63, 3.8) is 0 Å². The van der Waals surface area contributed by atoms with E-state index in [0.29, 0.717) is 36.4 Å². The molecular formula is C18H15Cl2N3O4S. The molecule has 7 nitrogen and oxygen atoms in total. The number of fused-ring (bicyclic) bond motifs is 1. The lowest BCUT2D eigenvalue weighted by atomic mass is 10.2. The van der Waals surface area contributed by atoms with Crippen LogP contribution in [0.2, 0.25) is 10.0 Å². The van der Waals surface area contributed by atoms with Crippen molar-refractivity contribution in [1.29, 1.82) is 0 Å². The normalized spacial score (nSPS) is 10.9. The van der Waals surface area contributed by atoms with Crippen molar-refractivity contribution in [3.05, 3.63) is 55.4 Å². The van der Waals surface area contributed by atoms with Crippen LogP contribution in [0, 0.1) is 6.92 Å². The van der Waals surface area contributed by atoms with Crippen LogP contribution in [0.5, 0.6) is 0 Å². The maximum Gasteiger partial charge on any atom is 0.348 e. The van der Waals surface area contributed by atoms with E-state index in [9.17, 15) is 14.4 Å². The summed E-state index contributed by atoms with van der Waals surface area (Å²) in [6, 6.07) is 4.68. The van der Waals surface area contributed by atoms with Crippen LogP contribution in [0.1, 0.15) is 22.2 Å². The first kappa shape index (κ1) is 20.3. The molecule has 0 atom stereocenters. The molecule has 10 heteroatoms. The molecule has 2 aromatic heterocycles. The first-order valence-corrected chi connectivity index (χ1v) is 9.79. The molecule has 0 fully saturated rings. The predicted molar refractivity (Wildman–Crippen MR) is 110 cm³/mol. The fraction of sp³-hybridized carbons (Fsp3) is 0.222. The number of aryl methyl sites for hydroxylation is 1. The van der Waals surface area contributed by atoms with E-state index >= 15 is 0 Å². The van der Waals surface area contributed by atoms with Crippen molar-refractivity contribution in [3.8, 4) is 0 Å². The van der Waals surface area contributed by atoms with Gasteiger partial charge in [0.05, 0.1) is 28.4 Å². The lowest BCUT2D eigenvalue weighted by Gasteiger charge is -2.08. The summed E-state index contributed by atoms with van der Waals surface area (Å²) < 4.78 is 6.19. The maximum absolute atomic E-state index is 12.8. The number of hydrogen-bond donors (Lipinski definition) is 1. The zero-order chi connectivity index (χ0) is 20.4. The number of ether oxygens (including phenoxy) is 1. The van der Waals surface area contributed by atoms with Gasteiger partial charge in [0.2, 0.25) is 5.91 Å². The van der Waals surface area contributed by atoms with Gasteiger partial charge >= 0.3 is 5.97 Å². The van der Waals surface area contributed by atoms with E-state index in [4.69, 9.17) is 27.9 Å². The van der Waals surface area contributed by atoms with E-state index in [0.717, 1.165) is 11.3 Å². The summed E-state index contributed by atoms with van der Waals surface area (Å²) in [5, 5.41) is 3.63. The number of hydrogen-bond acceptors (Lipinski definition) is 6. The third kappa shape index (κ3) is 4.04. The Bertz CT molecular complexity index is 1140. The quantitative estimate of drug-likeness (QED) is 0.608. The van der Waals surface area contributed by atoms with Crippen LogP contribution in [0.4, 0.5) is 5.69 Å². The highest BCUT2D eigenvalue weighted by atomic mass is 35.5. The van der Waals surface area contributed by atoms with Crippen molar-refractivity contribution in [2.45, 2.75) is 20.4 Å². The molecule has 0 aliphatic carbocycles. The maximum atomic E-state index is 12.8. The smallest absolute Gasteiger partial charge is 0.348 e. The number of nitrogens with zero attached hydrogens (tertiary/aromatic N) is 2. The first-order valence-electron chi connectivity index (χ1n) is 8.22. The van der Waals surface area contributed by atoms with Crippen molar-refractivity contribution in [2.24, 2.45) is 0 Å². The minimum absolute atomic E-state index is 0.235. The Labute approximate surface area is 173 Å². The average Bonchev–Trinajstić information content (AvgIpc) is 2.98. The zero-order valence-electron chi connectivity index (χ0n) is 14.9. The summed E-state index contributed by atoms with van der Waals surface area (Å²) in [6.07, 6.45) is 1.28. The van der Waals surface area contributed by atoms with Crippen LogP contribution in [0.15, 0.2) is 29.3 Å². The molecule has 0 aliphatic rings. The van der Waals surface area contributed by atoms with Gasteiger partial charge in [0.25, 0.3) is 5.56 Å². The summed E-state index contributed by atoms with van der Waals surface area (Å²) in [5.41, 5.74) is 0.548. The third-order valence-electron chi connectivity index (χ3n) is 3.90. The second-order valence-corrected chi connectivity index (χ2v) is 7.62. The van der Waals surface area contributed by atoms with Crippen molar-refractivity contribution >= 4 is 62.3 Å². The number of anilines is 1. The van der Waals surface area contributed by atoms with E-state index in [1.807, 2.05) is 0 Å². The predicted octanol–water partition coefficient (Wildman–Crippen LogP) is 3.89. The Hall–Kier alpha value is -2.42. The lowest BCUT2D eigenvalue weighted by Crippen LogP contribution is -2.27. The molecule has 28 heavy (non-hydrogen) atoms. The van der Waals surface area contributed by atoms with Gasteiger partial charge in [-0.3, -0.25) is 14.2 Å². The Morgan fingerprint density at radius 2 is 2.04 bits per heavy atom. The van der Waals surface area contributed by atoms with E-state index in [1.165, 1.54) is 17.0 Å². The number of benzene rings is 1. The van der Waals surface area contributed by atoms with Gasteiger partial charge in [0.15, 0.2) is 0 Å². The molecule has 0 spiro atoms. The molecule has 0 unspecified atom stereocenters. The number of carbonyl (C=O) groups excluding carboxylic acids is 2. The SMILES string of the molecule is CCOC(=O)c1sc2ncn(CC(=O)Nc3ccc(Cl)c(Cl)c3)c(=O)c2c1C. The van der Waals surface area contributed by atoms with E-state index in [2.05, 4.69) is 10.3 Å². The number of nitrogens with one attached hydrogen (secondary N) is 1. The van der Waals surface area contributed by atoms with Gasteiger partial charge in [-0.2, -0.15) is 0 Å². The standard InChI is InChI=1S/C18H15Cl2N3O4S/c1-3-27-18(26)15-9(2)14-16(28-15)21-8-23(17(14)25)7-13(24)22-10-4-5-11(19)12(20)6-10/h4-6,8H,3,7H2,1-2H3,(H,22,24). The summed E-state index contributed by atoms with van der Waals surface area (Å²) in [5.74, 6) is -0.925. The van der Waals surface area contributed by atoms with Gasteiger partial charge in [0, 0.05) is 5.69 Å². The number of rotatable bonds is 5. The average molecular weight is 440 g/mol. The Kier molecular flexibility index (Phi) is 6.02. The van der Waals surface area contributed by atoms with Gasteiger partial charge in [-0.25, -0.2) is 9.78 Å². The van der Waals surface area contributed by atoms with Crippen LogP contribution in [-0.2, 0) is 16.1 Å². The van der Waals surface area contributed by atoms with Crippen molar-refractivity contribution in [2.75, 3.05) is 11.9 Å². The zero-order valence-corrected chi connectivity index (χ0v) is 17.2. The second kappa shape index (κ2) is 8.30. The number of aromatic nitrogens is 2. The number of halogens is 2. The van der Waals surface area contributed by atoms with Gasteiger partial charge in [-0.1, -0.05) is 23.2 Å². The summed E-state index contributed by atoms with van der Waals surface area (Å²) in [6.45, 7) is 3.36. The Morgan fingerprint density at radius 3 is 2.71 bits per heavy atom. The van der Waals surface area contributed by atoms with E-state index in [-0.39, 0.29) is 13.2 Å². The topological polar surface area (TPSA) is 90.3 Å². The highest BCUT2D eigenvalue weighted by Crippen LogP contribution is 2.27. The number of amides is 1. The van der Waals surface area contributed by atoms with Gasteiger partial charge in [-0.15, -0.1) is 11.3 Å². The number of thiophene rings is 1. The summed E-state index contributed by atoms with van der Waals surface area (Å²) in [7, 11) is 0. The van der Waals surface area contributed by atoms with Crippen molar-refractivity contribution < 1.29 is 14.3 Å².